The van der Waals surface area contributed by atoms with Gasteiger partial charge in [0.2, 0.25) is 0 Å². The first kappa shape index (κ1) is 7.29. The Hall–Kier alpha value is -0.370. The van der Waals surface area contributed by atoms with E-state index in [-0.39, 0.29) is 0 Å². The number of hydrogen-bond acceptors (Lipinski definition) is 2. The molecule has 1 aliphatic heterocycles. The summed E-state index contributed by atoms with van der Waals surface area (Å²) in [5.41, 5.74) is 0. The largest absolute Gasteiger partial charge is 0.381 e. The van der Waals surface area contributed by atoms with Crippen LogP contribution in [-0.4, -0.2) is 19.0 Å². The van der Waals surface area contributed by atoms with Crippen LogP contribution in [-0.2, 0) is 9.53 Å². The molecule has 2 aliphatic rings. The molecule has 0 radical (unpaired) electrons. The lowest BCUT2D eigenvalue weighted by atomic mass is 9.78. The van der Waals surface area contributed by atoms with Gasteiger partial charge in [0.1, 0.15) is 5.78 Å². The molecule has 0 N–H and O–H groups in total. The second-order valence-electron chi connectivity index (χ2n) is 3.78. The third-order valence-corrected chi connectivity index (χ3v) is 2.72. The van der Waals surface area contributed by atoms with Crippen molar-refractivity contribution in [3.05, 3.63) is 0 Å². The van der Waals surface area contributed by atoms with E-state index >= 15 is 0 Å². The van der Waals surface area contributed by atoms with Gasteiger partial charge in [0.15, 0.2) is 0 Å². The lowest BCUT2D eigenvalue weighted by Crippen LogP contribution is -2.25. The summed E-state index contributed by atoms with van der Waals surface area (Å²) in [5, 5.41) is 0. The van der Waals surface area contributed by atoms with Gasteiger partial charge in [0, 0.05) is 26.1 Å². The van der Waals surface area contributed by atoms with Crippen LogP contribution in [0.4, 0.5) is 0 Å². The maximum atomic E-state index is 10.7. The average molecular weight is 154 g/mol. The zero-order valence-electron chi connectivity index (χ0n) is 6.71. The molecule has 1 saturated heterocycles. The molecule has 62 valence electrons. The third kappa shape index (κ3) is 1.62. The standard InChI is InChI=1S/C9H14O2/c10-9-4-8(5-9)3-7-1-2-11-6-7/h7-8H,1-6H2. The van der Waals surface area contributed by atoms with Gasteiger partial charge in [0.05, 0.1) is 0 Å². The minimum Gasteiger partial charge on any atom is -0.381 e. The Morgan fingerprint density at radius 1 is 1.36 bits per heavy atom. The Bertz CT molecular complexity index is 151. The highest BCUT2D eigenvalue weighted by molar-refractivity contribution is 5.84. The van der Waals surface area contributed by atoms with E-state index in [1.165, 1.54) is 12.8 Å². The second kappa shape index (κ2) is 2.94. The lowest BCUT2D eigenvalue weighted by Gasteiger charge is -2.25. The normalized spacial score (nSPS) is 32.4. The number of hydrogen-bond donors (Lipinski definition) is 0. The molecule has 1 heterocycles. The molecule has 0 aromatic carbocycles. The number of carbonyl (C=O) groups excluding carboxylic acids is 1. The summed E-state index contributed by atoms with van der Waals surface area (Å²) >= 11 is 0. The van der Waals surface area contributed by atoms with Crippen molar-refractivity contribution in [2.75, 3.05) is 13.2 Å². The van der Waals surface area contributed by atoms with Gasteiger partial charge in [-0.1, -0.05) is 0 Å². The van der Waals surface area contributed by atoms with Crippen LogP contribution in [0.2, 0.25) is 0 Å². The van der Waals surface area contributed by atoms with Crippen molar-refractivity contribution in [3.8, 4) is 0 Å². The van der Waals surface area contributed by atoms with Gasteiger partial charge in [-0.3, -0.25) is 4.79 Å². The first-order valence-electron chi connectivity index (χ1n) is 4.44. The van der Waals surface area contributed by atoms with Crippen molar-refractivity contribution in [3.63, 3.8) is 0 Å². The summed E-state index contributed by atoms with van der Waals surface area (Å²) in [4.78, 5) is 10.7. The Morgan fingerprint density at radius 3 is 2.73 bits per heavy atom. The van der Waals surface area contributed by atoms with Crippen LogP contribution in [0.1, 0.15) is 25.7 Å². The highest BCUT2D eigenvalue weighted by atomic mass is 16.5. The molecular formula is C9H14O2. The molecule has 2 heteroatoms. The fraction of sp³-hybridized carbons (Fsp3) is 0.889. The van der Waals surface area contributed by atoms with E-state index in [4.69, 9.17) is 4.74 Å². The van der Waals surface area contributed by atoms with Gasteiger partial charge in [-0.15, -0.1) is 0 Å². The van der Waals surface area contributed by atoms with E-state index in [9.17, 15) is 4.79 Å². The Balaban J connectivity index is 1.69. The van der Waals surface area contributed by atoms with Gasteiger partial charge in [-0.05, 0) is 24.7 Å². The molecule has 0 spiro atoms. The molecular weight excluding hydrogens is 140 g/mol. The van der Waals surface area contributed by atoms with Gasteiger partial charge in [-0.25, -0.2) is 0 Å². The Morgan fingerprint density at radius 2 is 2.18 bits per heavy atom. The van der Waals surface area contributed by atoms with E-state index in [1.54, 1.807) is 0 Å². The lowest BCUT2D eigenvalue weighted by molar-refractivity contribution is -0.127. The van der Waals surface area contributed by atoms with Gasteiger partial charge < -0.3 is 4.74 Å². The number of Topliss-reactive ketones (excluding diaryl/α,β-unsaturated/α-hetero) is 1. The van der Waals surface area contributed by atoms with Crippen molar-refractivity contribution < 1.29 is 9.53 Å². The minimum absolute atomic E-state index is 0.453. The van der Waals surface area contributed by atoms with Gasteiger partial charge >= 0.3 is 0 Å². The zero-order chi connectivity index (χ0) is 7.68. The number of ether oxygens (including phenoxy) is 1. The maximum absolute atomic E-state index is 10.7. The maximum Gasteiger partial charge on any atom is 0.133 e. The molecule has 2 rings (SSSR count). The summed E-state index contributed by atoms with van der Waals surface area (Å²) in [6.07, 6.45) is 4.13. The minimum atomic E-state index is 0.453. The van der Waals surface area contributed by atoms with Gasteiger partial charge in [0.25, 0.3) is 0 Å². The molecule has 1 unspecified atom stereocenters. The molecule has 1 aliphatic carbocycles. The monoisotopic (exact) mass is 154 g/mol. The van der Waals surface area contributed by atoms with Crippen LogP contribution in [0.5, 0.6) is 0 Å². The summed E-state index contributed by atoms with van der Waals surface area (Å²) in [7, 11) is 0. The van der Waals surface area contributed by atoms with Crippen LogP contribution >= 0.6 is 0 Å². The summed E-state index contributed by atoms with van der Waals surface area (Å²) in [6.45, 7) is 1.87. The van der Waals surface area contributed by atoms with Crippen LogP contribution in [0, 0.1) is 11.8 Å². The van der Waals surface area contributed by atoms with Crippen molar-refractivity contribution >= 4 is 5.78 Å². The van der Waals surface area contributed by atoms with Crippen LogP contribution in [0.15, 0.2) is 0 Å². The summed E-state index contributed by atoms with van der Waals surface area (Å²) < 4.78 is 5.27. The fourth-order valence-electron chi connectivity index (χ4n) is 1.99. The fourth-order valence-corrected chi connectivity index (χ4v) is 1.99. The SMILES string of the molecule is O=C1CC(CC2CCOC2)C1. The predicted molar refractivity (Wildman–Crippen MR) is 41.3 cm³/mol. The van der Waals surface area contributed by atoms with E-state index in [1.807, 2.05) is 0 Å². The third-order valence-electron chi connectivity index (χ3n) is 2.72. The molecule has 0 aromatic heterocycles. The molecule has 2 fully saturated rings. The Kier molecular flexibility index (Phi) is 1.95. The molecule has 11 heavy (non-hydrogen) atoms. The average Bonchev–Trinajstić information content (AvgIpc) is 2.36. The molecule has 0 bridgehead atoms. The number of carbonyl (C=O) groups is 1. The van der Waals surface area contributed by atoms with E-state index in [0.717, 1.165) is 32.0 Å². The van der Waals surface area contributed by atoms with Crippen molar-refractivity contribution in [1.29, 1.82) is 0 Å². The Labute approximate surface area is 66.9 Å². The number of ketones is 1. The smallest absolute Gasteiger partial charge is 0.133 e. The van der Waals surface area contributed by atoms with Crippen LogP contribution in [0.25, 0.3) is 0 Å². The first-order chi connectivity index (χ1) is 5.34. The molecule has 1 atom stereocenters. The van der Waals surface area contributed by atoms with Gasteiger partial charge in [-0.2, -0.15) is 0 Å². The van der Waals surface area contributed by atoms with Crippen molar-refractivity contribution in [2.45, 2.75) is 25.7 Å². The summed E-state index contributed by atoms with van der Waals surface area (Å²) in [5.74, 6) is 1.91. The highest BCUT2D eigenvalue weighted by Crippen LogP contribution is 2.32. The molecule has 0 amide bonds. The molecule has 0 aromatic rings. The summed E-state index contributed by atoms with van der Waals surface area (Å²) in [6, 6.07) is 0. The van der Waals surface area contributed by atoms with Crippen molar-refractivity contribution in [1.82, 2.24) is 0 Å². The first-order valence-corrected chi connectivity index (χ1v) is 4.44. The quantitative estimate of drug-likeness (QED) is 0.600. The molecule has 1 saturated carbocycles. The van der Waals surface area contributed by atoms with Crippen LogP contribution in [0.3, 0.4) is 0 Å². The highest BCUT2D eigenvalue weighted by Gasteiger charge is 2.29. The predicted octanol–water partition coefficient (Wildman–Crippen LogP) is 1.39. The molecule has 2 nitrogen and oxygen atoms in total. The van der Waals surface area contributed by atoms with Crippen LogP contribution < -0.4 is 0 Å². The van der Waals surface area contributed by atoms with E-state index < -0.39 is 0 Å². The van der Waals surface area contributed by atoms with E-state index in [0.29, 0.717) is 11.7 Å². The topological polar surface area (TPSA) is 26.3 Å². The van der Waals surface area contributed by atoms with E-state index in [2.05, 4.69) is 0 Å². The second-order valence-corrected chi connectivity index (χ2v) is 3.78. The zero-order valence-corrected chi connectivity index (χ0v) is 6.71. The number of rotatable bonds is 2. The van der Waals surface area contributed by atoms with Crippen molar-refractivity contribution in [2.24, 2.45) is 11.8 Å².